The van der Waals surface area contributed by atoms with Gasteiger partial charge in [-0.3, -0.25) is 9.78 Å². The molecule has 3 heterocycles. The average Bonchev–Trinajstić information content (AvgIpc) is 3.30. The van der Waals surface area contributed by atoms with Crippen LogP contribution in [0, 0.1) is 5.82 Å². The van der Waals surface area contributed by atoms with Crippen molar-refractivity contribution in [2.45, 2.75) is 25.8 Å². The van der Waals surface area contributed by atoms with E-state index in [4.69, 9.17) is 27.3 Å². The summed E-state index contributed by atoms with van der Waals surface area (Å²) in [6.45, 7) is 3.08. The number of rotatable bonds is 5. The van der Waals surface area contributed by atoms with Gasteiger partial charge in [0, 0.05) is 35.5 Å². The number of carbonyl (C=O) groups excluding carboxylic acids is 1. The number of primary amides is 1. The van der Waals surface area contributed by atoms with Crippen molar-refractivity contribution in [3.63, 3.8) is 0 Å². The molecule has 4 aromatic rings. The van der Waals surface area contributed by atoms with E-state index in [1.165, 1.54) is 24.4 Å². The summed E-state index contributed by atoms with van der Waals surface area (Å²) in [5.74, 6) is -0.198. The number of hydrogen-bond acceptors (Lipinski definition) is 5. The number of aromatic nitrogens is 3. The highest BCUT2D eigenvalue weighted by atomic mass is 35.5. The maximum Gasteiger partial charge on any atom is 0.250 e. The van der Waals surface area contributed by atoms with E-state index < -0.39 is 5.91 Å². The minimum atomic E-state index is -0.579. The third-order valence-corrected chi connectivity index (χ3v) is 6.53. The quantitative estimate of drug-likeness (QED) is 0.387. The molecule has 0 saturated carbocycles. The molecule has 1 aliphatic rings. The lowest BCUT2D eigenvalue weighted by Gasteiger charge is -2.22. The summed E-state index contributed by atoms with van der Waals surface area (Å²) in [6.07, 6.45) is 3.61. The summed E-state index contributed by atoms with van der Waals surface area (Å²) in [5, 5.41) is 0.347. The van der Waals surface area contributed by atoms with Gasteiger partial charge in [-0.2, -0.15) is 0 Å². The number of halogens is 2. The van der Waals surface area contributed by atoms with Crippen molar-refractivity contribution < 1.29 is 9.18 Å². The van der Waals surface area contributed by atoms with Gasteiger partial charge in [0.1, 0.15) is 5.82 Å². The van der Waals surface area contributed by atoms with Gasteiger partial charge in [0.05, 0.1) is 27.7 Å². The topological polar surface area (TPSA) is 85.0 Å². The molecule has 1 fully saturated rings. The maximum absolute atomic E-state index is 13.5. The number of anilines is 1. The Kier molecular flexibility index (Phi) is 6.17. The zero-order valence-electron chi connectivity index (χ0n) is 19.1. The number of nitrogens with two attached hydrogens (primary N) is 1. The van der Waals surface area contributed by atoms with E-state index in [1.54, 1.807) is 12.1 Å². The second-order valence-corrected chi connectivity index (χ2v) is 9.03. The Hall–Kier alpha value is -3.84. The summed E-state index contributed by atoms with van der Waals surface area (Å²) in [5.41, 5.74) is 10.2. The van der Waals surface area contributed by atoms with Gasteiger partial charge in [-0.05, 0) is 56.2 Å². The summed E-state index contributed by atoms with van der Waals surface area (Å²) in [7, 11) is 0. The Morgan fingerprint density at radius 1 is 1.00 bits per heavy atom. The average molecular weight is 488 g/mol. The third-order valence-electron chi connectivity index (χ3n) is 6.24. The Labute approximate surface area is 207 Å². The van der Waals surface area contributed by atoms with Crippen molar-refractivity contribution in [2.24, 2.45) is 5.73 Å². The molecule has 2 aromatic carbocycles. The van der Waals surface area contributed by atoms with Crippen LogP contribution >= 0.6 is 11.6 Å². The van der Waals surface area contributed by atoms with Gasteiger partial charge >= 0.3 is 0 Å². The number of pyridine rings is 1. The lowest BCUT2D eigenvalue weighted by Crippen LogP contribution is -2.28. The fraction of sp³-hybridized carbons (Fsp3) is 0.185. The van der Waals surface area contributed by atoms with Crippen LogP contribution in [0.1, 0.15) is 30.1 Å². The smallest absolute Gasteiger partial charge is 0.250 e. The molecular weight excluding hydrogens is 465 g/mol. The fourth-order valence-corrected chi connectivity index (χ4v) is 4.57. The van der Waals surface area contributed by atoms with E-state index in [0.29, 0.717) is 22.7 Å². The highest BCUT2D eigenvalue weighted by molar-refractivity contribution is 6.33. The molecule has 2 N–H and O–H groups in total. The van der Waals surface area contributed by atoms with E-state index in [2.05, 4.69) is 16.8 Å². The van der Waals surface area contributed by atoms with Crippen molar-refractivity contribution in [2.75, 3.05) is 11.4 Å². The van der Waals surface area contributed by atoms with Crippen LogP contribution in [0.3, 0.4) is 0 Å². The molecule has 176 valence electrons. The molecule has 0 spiro atoms. The largest absolute Gasteiger partial charge is 0.366 e. The number of carbonyl (C=O) groups is 1. The third kappa shape index (κ3) is 4.72. The monoisotopic (exact) mass is 487 g/mol. The number of amides is 1. The maximum atomic E-state index is 13.5. The van der Waals surface area contributed by atoms with Crippen molar-refractivity contribution in [3.05, 3.63) is 83.3 Å². The van der Waals surface area contributed by atoms with Crippen LogP contribution in [0.15, 0.2) is 66.9 Å². The van der Waals surface area contributed by atoms with Gasteiger partial charge in [0.25, 0.3) is 0 Å². The second-order valence-electron chi connectivity index (χ2n) is 8.63. The predicted octanol–water partition coefficient (Wildman–Crippen LogP) is 5.75. The molecule has 0 aliphatic carbocycles. The Morgan fingerprint density at radius 3 is 2.14 bits per heavy atom. The summed E-state index contributed by atoms with van der Waals surface area (Å²) < 4.78 is 13.5. The van der Waals surface area contributed by atoms with E-state index in [9.17, 15) is 9.18 Å². The first kappa shape index (κ1) is 22.9. The number of benzene rings is 2. The zero-order chi connectivity index (χ0) is 24.5. The van der Waals surface area contributed by atoms with Crippen LogP contribution in [0.25, 0.3) is 33.8 Å². The summed E-state index contributed by atoms with van der Waals surface area (Å²) in [4.78, 5) is 27.6. The van der Waals surface area contributed by atoms with Crippen LogP contribution in [0.4, 0.5) is 10.3 Å². The van der Waals surface area contributed by atoms with Gasteiger partial charge in [-0.15, -0.1) is 0 Å². The van der Waals surface area contributed by atoms with E-state index in [1.807, 2.05) is 30.3 Å². The molecule has 8 heteroatoms. The first-order valence-electron chi connectivity index (χ1n) is 11.4. The van der Waals surface area contributed by atoms with E-state index in [0.717, 1.165) is 47.5 Å². The van der Waals surface area contributed by atoms with Crippen LogP contribution < -0.4 is 10.6 Å². The van der Waals surface area contributed by atoms with Crippen molar-refractivity contribution in [3.8, 4) is 33.8 Å². The molecule has 6 nitrogen and oxygen atoms in total. The molecule has 0 bridgehead atoms. The minimum Gasteiger partial charge on any atom is -0.366 e. The summed E-state index contributed by atoms with van der Waals surface area (Å²) >= 11 is 6.35. The van der Waals surface area contributed by atoms with Crippen LogP contribution in [0.2, 0.25) is 5.02 Å². The molecule has 1 aliphatic heterocycles. The molecule has 1 atom stereocenters. The van der Waals surface area contributed by atoms with Crippen LogP contribution in [0.5, 0.6) is 0 Å². The van der Waals surface area contributed by atoms with Gasteiger partial charge in [0.15, 0.2) is 0 Å². The first-order valence-corrected chi connectivity index (χ1v) is 11.7. The van der Waals surface area contributed by atoms with Gasteiger partial charge in [-0.25, -0.2) is 14.4 Å². The normalized spacial score (nSPS) is 15.4. The molecule has 0 unspecified atom stereocenters. The van der Waals surface area contributed by atoms with Crippen LogP contribution in [-0.4, -0.2) is 33.4 Å². The lowest BCUT2D eigenvalue weighted by atomic mass is 10.0. The van der Waals surface area contributed by atoms with Crippen LogP contribution in [-0.2, 0) is 0 Å². The second kappa shape index (κ2) is 9.43. The molecule has 5 rings (SSSR count). The number of hydrogen-bond donors (Lipinski definition) is 1. The van der Waals surface area contributed by atoms with Crippen molar-refractivity contribution >= 4 is 23.5 Å². The Bertz CT molecular complexity index is 1390. The molecular formula is C27H23ClFN5O. The molecule has 1 saturated heterocycles. The highest BCUT2D eigenvalue weighted by Crippen LogP contribution is 2.32. The minimum absolute atomic E-state index is 0.258. The molecule has 35 heavy (non-hydrogen) atoms. The van der Waals surface area contributed by atoms with E-state index >= 15 is 0 Å². The van der Waals surface area contributed by atoms with Crippen molar-refractivity contribution in [1.29, 1.82) is 0 Å². The van der Waals surface area contributed by atoms with Crippen molar-refractivity contribution in [1.82, 2.24) is 15.0 Å². The lowest BCUT2D eigenvalue weighted by molar-refractivity contribution is 0.1000. The standard InChI is InChI=1S/C27H23ClFN5O/c1-16-3-2-12-34(16)27-32-23(14-24(33-27)18-8-10-21(29)11-9-18)17-4-6-19(7-5-17)25-22(28)13-20(15-31-25)26(30)35/h4-11,13-16H,2-3,12H2,1H3,(H2,30,35)/t16-/m1/s1. The van der Waals surface area contributed by atoms with E-state index in [-0.39, 0.29) is 11.4 Å². The first-order chi connectivity index (χ1) is 16.9. The van der Waals surface area contributed by atoms with Gasteiger partial charge in [-0.1, -0.05) is 35.9 Å². The fourth-order valence-electron chi connectivity index (χ4n) is 4.29. The van der Waals surface area contributed by atoms with Gasteiger partial charge in [0.2, 0.25) is 11.9 Å². The highest BCUT2D eigenvalue weighted by Gasteiger charge is 2.24. The van der Waals surface area contributed by atoms with Gasteiger partial charge < -0.3 is 10.6 Å². The SMILES string of the molecule is C[C@@H]1CCCN1c1nc(-c2ccc(F)cc2)cc(-c2ccc(-c3ncc(C(N)=O)cc3Cl)cc2)n1. The predicted molar refractivity (Wildman–Crippen MR) is 136 cm³/mol. The Morgan fingerprint density at radius 2 is 1.60 bits per heavy atom. The number of nitrogens with zero attached hydrogens (tertiary/aromatic N) is 4. The zero-order valence-corrected chi connectivity index (χ0v) is 19.8. The molecule has 0 radical (unpaired) electrons. The summed E-state index contributed by atoms with van der Waals surface area (Å²) in [6, 6.07) is 17.8. The molecule has 1 amide bonds. The Balaban J connectivity index is 1.54. The molecule has 2 aromatic heterocycles.